The summed E-state index contributed by atoms with van der Waals surface area (Å²) in [6.07, 6.45) is 1.37. The van der Waals surface area contributed by atoms with E-state index in [0.717, 1.165) is 10.0 Å². The maximum atomic E-state index is 11.8. The molecule has 0 atom stereocenters. The Morgan fingerprint density at radius 2 is 1.71 bits per heavy atom. The molecule has 2 rings (SSSR count). The van der Waals surface area contributed by atoms with Crippen molar-refractivity contribution in [3.63, 3.8) is 0 Å². The molecule has 0 heterocycles. The van der Waals surface area contributed by atoms with Crippen molar-refractivity contribution in [2.24, 2.45) is 0 Å². The molecule has 0 aliphatic heterocycles. The first-order valence-electron chi connectivity index (χ1n) is 8.84. The standard InChI is InChI=1S/C20H24BrClN2O4/c1-26-18-6-4-14(12-19(18)27-2)8-10-24-20(25)23-9-3-11-28-17-7-5-15(21)13-16(17)22/h4-7,12-13H,3,8-11H2,1-2H3,(H2,23,24,25). The van der Waals surface area contributed by atoms with Crippen LogP contribution in [0.5, 0.6) is 17.2 Å². The second-order valence-corrected chi connectivity index (χ2v) is 7.22. The number of rotatable bonds is 10. The van der Waals surface area contributed by atoms with E-state index in [2.05, 4.69) is 26.6 Å². The van der Waals surface area contributed by atoms with Gasteiger partial charge in [0.15, 0.2) is 11.5 Å². The van der Waals surface area contributed by atoms with E-state index in [9.17, 15) is 4.79 Å². The molecule has 152 valence electrons. The molecule has 0 saturated heterocycles. The quantitative estimate of drug-likeness (QED) is 0.503. The fraction of sp³-hybridized carbons (Fsp3) is 0.350. The molecule has 6 nitrogen and oxygen atoms in total. The molecular formula is C20H24BrClN2O4. The maximum absolute atomic E-state index is 11.8. The number of amides is 2. The van der Waals surface area contributed by atoms with E-state index in [-0.39, 0.29) is 6.03 Å². The van der Waals surface area contributed by atoms with Crippen LogP contribution in [0.25, 0.3) is 0 Å². The molecule has 2 aromatic carbocycles. The molecule has 0 bridgehead atoms. The zero-order chi connectivity index (χ0) is 20.4. The summed E-state index contributed by atoms with van der Waals surface area (Å²) >= 11 is 9.43. The second kappa shape index (κ2) is 11.7. The zero-order valence-electron chi connectivity index (χ0n) is 15.9. The van der Waals surface area contributed by atoms with E-state index in [1.165, 1.54) is 0 Å². The third kappa shape index (κ3) is 7.13. The number of ether oxygens (including phenoxy) is 3. The maximum Gasteiger partial charge on any atom is 0.314 e. The SMILES string of the molecule is COc1ccc(CCNC(=O)NCCCOc2ccc(Br)cc2Cl)cc1OC. The number of methoxy groups -OCH3 is 2. The van der Waals surface area contributed by atoms with E-state index in [0.29, 0.717) is 54.8 Å². The number of benzene rings is 2. The minimum absolute atomic E-state index is 0.206. The van der Waals surface area contributed by atoms with Crippen molar-refractivity contribution >= 4 is 33.6 Å². The highest BCUT2D eigenvalue weighted by molar-refractivity contribution is 9.10. The van der Waals surface area contributed by atoms with Gasteiger partial charge in [0, 0.05) is 17.6 Å². The molecule has 0 aromatic heterocycles. The molecule has 8 heteroatoms. The molecule has 0 unspecified atom stereocenters. The van der Waals surface area contributed by atoms with Crippen LogP contribution in [0.2, 0.25) is 5.02 Å². The first-order chi connectivity index (χ1) is 13.5. The molecular weight excluding hydrogens is 448 g/mol. The molecule has 0 radical (unpaired) electrons. The minimum Gasteiger partial charge on any atom is -0.493 e. The molecule has 0 aliphatic carbocycles. The van der Waals surface area contributed by atoms with Crippen LogP contribution in [0.1, 0.15) is 12.0 Å². The Kier molecular flexibility index (Phi) is 9.23. The molecule has 0 spiro atoms. The fourth-order valence-electron chi connectivity index (χ4n) is 2.47. The topological polar surface area (TPSA) is 68.8 Å². The lowest BCUT2D eigenvalue weighted by Gasteiger charge is -2.11. The minimum atomic E-state index is -0.206. The lowest BCUT2D eigenvalue weighted by Crippen LogP contribution is -2.37. The second-order valence-electron chi connectivity index (χ2n) is 5.90. The molecule has 2 N–H and O–H groups in total. The highest BCUT2D eigenvalue weighted by Gasteiger charge is 2.06. The van der Waals surface area contributed by atoms with E-state index in [1.54, 1.807) is 26.4 Å². The number of nitrogens with one attached hydrogen (secondary N) is 2. The summed E-state index contributed by atoms with van der Waals surface area (Å²) in [5.41, 5.74) is 1.05. The number of hydrogen-bond donors (Lipinski definition) is 2. The average molecular weight is 472 g/mol. The van der Waals surface area contributed by atoms with E-state index < -0.39 is 0 Å². The molecule has 2 amide bonds. The summed E-state index contributed by atoms with van der Waals surface area (Å²) in [6, 6.07) is 11.0. The van der Waals surface area contributed by atoms with Crippen molar-refractivity contribution in [1.29, 1.82) is 0 Å². The summed E-state index contributed by atoms with van der Waals surface area (Å²) in [4.78, 5) is 11.8. The number of hydrogen-bond acceptors (Lipinski definition) is 4. The Hall–Kier alpha value is -2.12. The van der Waals surface area contributed by atoms with Gasteiger partial charge in [-0.25, -0.2) is 4.79 Å². The van der Waals surface area contributed by atoms with Crippen molar-refractivity contribution in [1.82, 2.24) is 10.6 Å². The summed E-state index contributed by atoms with van der Waals surface area (Å²) < 4.78 is 17.0. The van der Waals surface area contributed by atoms with Gasteiger partial charge in [0.25, 0.3) is 0 Å². The van der Waals surface area contributed by atoms with Gasteiger partial charge in [-0.15, -0.1) is 0 Å². The summed E-state index contributed by atoms with van der Waals surface area (Å²) in [6.45, 7) is 1.50. The number of urea groups is 1. The smallest absolute Gasteiger partial charge is 0.314 e. The van der Waals surface area contributed by atoms with Gasteiger partial charge in [-0.1, -0.05) is 33.6 Å². The Bertz CT molecular complexity index is 789. The number of halogens is 2. The summed E-state index contributed by atoms with van der Waals surface area (Å²) in [5, 5.41) is 6.19. The number of carbonyl (C=O) groups excluding carboxylic acids is 1. The Morgan fingerprint density at radius 1 is 1.00 bits per heavy atom. The summed E-state index contributed by atoms with van der Waals surface area (Å²) in [7, 11) is 3.20. The molecule has 28 heavy (non-hydrogen) atoms. The Labute approximate surface area is 178 Å². The fourth-order valence-corrected chi connectivity index (χ4v) is 3.20. The van der Waals surface area contributed by atoms with E-state index >= 15 is 0 Å². The Balaban J connectivity index is 1.61. The van der Waals surface area contributed by atoms with Crippen LogP contribution in [0.4, 0.5) is 4.79 Å². The van der Waals surface area contributed by atoms with E-state index in [1.807, 2.05) is 24.3 Å². The van der Waals surface area contributed by atoms with Crippen molar-refractivity contribution in [2.75, 3.05) is 33.9 Å². The van der Waals surface area contributed by atoms with Gasteiger partial charge in [0.2, 0.25) is 0 Å². The van der Waals surface area contributed by atoms with Gasteiger partial charge in [0.05, 0.1) is 25.8 Å². The van der Waals surface area contributed by atoms with Crippen LogP contribution in [-0.4, -0.2) is 39.9 Å². The van der Waals surface area contributed by atoms with Crippen LogP contribution < -0.4 is 24.8 Å². The molecule has 0 fully saturated rings. The average Bonchev–Trinajstić information content (AvgIpc) is 2.69. The van der Waals surface area contributed by atoms with Crippen LogP contribution >= 0.6 is 27.5 Å². The number of carbonyl (C=O) groups is 1. The summed E-state index contributed by atoms with van der Waals surface area (Å²) in [5.74, 6) is 1.99. The van der Waals surface area contributed by atoms with Gasteiger partial charge in [0.1, 0.15) is 5.75 Å². The Morgan fingerprint density at radius 3 is 2.43 bits per heavy atom. The highest BCUT2D eigenvalue weighted by atomic mass is 79.9. The molecule has 2 aromatic rings. The first-order valence-corrected chi connectivity index (χ1v) is 10.0. The lowest BCUT2D eigenvalue weighted by atomic mass is 10.1. The molecule has 0 saturated carbocycles. The molecule has 0 aliphatic rings. The normalized spacial score (nSPS) is 10.3. The van der Waals surface area contributed by atoms with Gasteiger partial charge in [-0.3, -0.25) is 0 Å². The van der Waals surface area contributed by atoms with Crippen LogP contribution in [0, 0.1) is 0 Å². The van der Waals surface area contributed by atoms with Crippen molar-refractivity contribution < 1.29 is 19.0 Å². The van der Waals surface area contributed by atoms with Crippen LogP contribution in [-0.2, 0) is 6.42 Å². The van der Waals surface area contributed by atoms with Crippen LogP contribution in [0.15, 0.2) is 40.9 Å². The van der Waals surface area contributed by atoms with Gasteiger partial charge >= 0.3 is 6.03 Å². The first kappa shape index (κ1) is 22.2. The van der Waals surface area contributed by atoms with Crippen molar-refractivity contribution in [3.05, 3.63) is 51.5 Å². The third-order valence-corrected chi connectivity index (χ3v) is 4.69. The predicted molar refractivity (Wildman–Crippen MR) is 114 cm³/mol. The van der Waals surface area contributed by atoms with Gasteiger partial charge in [-0.2, -0.15) is 0 Å². The largest absolute Gasteiger partial charge is 0.493 e. The van der Waals surface area contributed by atoms with Crippen LogP contribution in [0.3, 0.4) is 0 Å². The van der Waals surface area contributed by atoms with Crippen molar-refractivity contribution in [3.8, 4) is 17.2 Å². The van der Waals surface area contributed by atoms with Gasteiger partial charge < -0.3 is 24.8 Å². The van der Waals surface area contributed by atoms with Gasteiger partial charge in [-0.05, 0) is 48.7 Å². The third-order valence-electron chi connectivity index (χ3n) is 3.91. The zero-order valence-corrected chi connectivity index (χ0v) is 18.2. The van der Waals surface area contributed by atoms with E-state index in [4.69, 9.17) is 25.8 Å². The predicted octanol–water partition coefficient (Wildman–Crippen LogP) is 4.43. The van der Waals surface area contributed by atoms with Crippen molar-refractivity contribution in [2.45, 2.75) is 12.8 Å². The highest BCUT2D eigenvalue weighted by Crippen LogP contribution is 2.28. The lowest BCUT2D eigenvalue weighted by molar-refractivity contribution is 0.239. The monoisotopic (exact) mass is 470 g/mol.